The Morgan fingerprint density at radius 2 is 1.88 bits per heavy atom. The van der Waals surface area contributed by atoms with E-state index in [1.165, 1.54) is 0 Å². The SMILES string of the molecule is O=C(CCc1nncn1-c1ccccc1)NCc1nc2ccccc2s1. The van der Waals surface area contributed by atoms with E-state index < -0.39 is 0 Å². The van der Waals surface area contributed by atoms with E-state index in [1.54, 1.807) is 17.7 Å². The summed E-state index contributed by atoms with van der Waals surface area (Å²) in [6, 6.07) is 17.8. The molecule has 1 amide bonds. The van der Waals surface area contributed by atoms with Gasteiger partial charge in [-0.2, -0.15) is 0 Å². The molecule has 0 aliphatic carbocycles. The molecule has 1 N–H and O–H groups in total. The van der Waals surface area contributed by atoms with Gasteiger partial charge in [0.2, 0.25) is 5.91 Å². The molecule has 0 saturated heterocycles. The lowest BCUT2D eigenvalue weighted by Crippen LogP contribution is -2.23. The van der Waals surface area contributed by atoms with Crippen LogP contribution in [-0.2, 0) is 17.8 Å². The van der Waals surface area contributed by atoms with E-state index in [0.717, 1.165) is 26.7 Å². The average Bonchev–Trinajstić information content (AvgIpc) is 3.31. The molecule has 0 radical (unpaired) electrons. The van der Waals surface area contributed by atoms with E-state index in [1.807, 2.05) is 59.2 Å². The van der Waals surface area contributed by atoms with Crippen LogP contribution in [0.4, 0.5) is 0 Å². The van der Waals surface area contributed by atoms with Gasteiger partial charge >= 0.3 is 0 Å². The fourth-order valence-electron chi connectivity index (χ4n) is 2.72. The highest BCUT2D eigenvalue weighted by Crippen LogP contribution is 2.21. The zero-order valence-corrected chi connectivity index (χ0v) is 14.8. The van der Waals surface area contributed by atoms with Crippen LogP contribution in [0.15, 0.2) is 60.9 Å². The third-order valence-electron chi connectivity index (χ3n) is 4.00. The van der Waals surface area contributed by atoms with Gasteiger partial charge in [-0.1, -0.05) is 30.3 Å². The Morgan fingerprint density at radius 1 is 1.08 bits per heavy atom. The highest BCUT2D eigenvalue weighted by atomic mass is 32.1. The zero-order valence-electron chi connectivity index (χ0n) is 14.0. The molecule has 4 aromatic rings. The Morgan fingerprint density at radius 3 is 2.73 bits per heavy atom. The first-order valence-corrected chi connectivity index (χ1v) is 9.17. The van der Waals surface area contributed by atoms with E-state index in [0.29, 0.717) is 19.4 Å². The first-order valence-electron chi connectivity index (χ1n) is 8.35. The maximum Gasteiger partial charge on any atom is 0.220 e. The first-order chi connectivity index (χ1) is 12.8. The Balaban J connectivity index is 1.34. The van der Waals surface area contributed by atoms with Gasteiger partial charge in [-0.25, -0.2) is 4.98 Å². The largest absolute Gasteiger partial charge is 0.350 e. The molecule has 4 rings (SSSR count). The number of aryl methyl sites for hydroxylation is 1. The summed E-state index contributed by atoms with van der Waals surface area (Å²) in [5.74, 6) is 0.748. The number of aromatic nitrogens is 4. The monoisotopic (exact) mass is 363 g/mol. The summed E-state index contributed by atoms with van der Waals surface area (Å²) < 4.78 is 3.04. The van der Waals surface area contributed by atoms with Gasteiger partial charge in [0.25, 0.3) is 0 Å². The summed E-state index contributed by atoms with van der Waals surface area (Å²) in [6.45, 7) is 0.448. The molecular weight excluding hydrogens is 346 g/mol. The van der Waals surface area contributed by atoms with Gasteiger partial charge in [-0.15, -0.1) is 21.5 Å². The number of amides is 1. The van der Waals surface area contributed by atoms with Gasteiger partial charge in [0.05, 0.1) is 16.8 Å². The van der Waals surface area contributed by atoms with Crippen molar-refractivity contribution in [3.8, 4) is 5.69 Å². The van der Waals surface area contributed by atoms with Crippen LogP contribution in [0, 0.1) is 0 Å². The molecule has 26 heavy (non-hydrogen) atoms. The fourth-order valence-corrected chi connectivity index (χ4v) is 3.62. The third kappa shape index (κ3) is 3.62. The van der Waals surface area contributed by atoms with Crippen molar-refractivity contribution in [3.63, 3.8) is 0 Å². The predicted octanol–water partition coefficient (Wildman–Crippen LogP) is 3.13. The molecule has 0 fully saturated rings. The minimum Gasteiger partial charge on any atom is -0.350 e. The molecule has 0 aliphatic heterocycles. The van der Waals surface area contributed by atoms with Crippen LogP contribution in [0.2, 0.25) is 0 Å². The molecule has 0 aliphatic rings. The Bertz CT molecular complexity index is 992. The number of thiazole rings is 1. The molecule has 130 valence electrons. The Hall–Kier alpha value is -3.06. The second-order valence-electron chi connectivity index (χ2n) is 5.80. The number of rotatable bonds is 6. The lowest BCUT2D eigenvalue weighted by molar-refractivity contribution is -0.121. The van der Waals surface area contributed by atoms with Crippen molar-refractivity contribution < 1.29 is 4.79 Å². The van der Waals surface area contributed by atoms with Crippen LogP contribution in [0.25, 0.3) is 15.9 Å². The molecule has 2 aromatic carbocycles. The molecule has 0 spiro atoms. The van der Waals surface area contributed by atoms with E-state index in [4.69, 9.17) is 0 Å². The van der Waals surface area contributed by atoms with E-state index in [9.17, 15) is 4.79 Å². The number of hydrogen-bond donors (Lipinski definition) is 1. The number of fused-ring (bicyclic) bond motifs is 1. The highest BCUT2D eigenvalue weighted by Gasteiger charge is 2.10. The number of hydrogen-bond acceptors (Lipinski definition) is 5. The van der Waals surface area contributed by atoms with Crippen molar-refractivity contribution in [2.24, 2.45) is 0 Å². The minimum absolute atomic E-state index is 0.0214. The number of nitrogens with one attached hydrogen (secondary N) is 1. The van der Waals surface area contributed by atoms with Gasteiger partial charge in [-0.05, 0) is 24.3 Å². The van der Waals surface area contributed by atoms with Crippen LogP contribution in [0.5, 0.6) is 0 Å². The van der Waals surface area contributed by atoms with Crippen molar-refractivity contribution in [2.45, 2.75) is 19.4 Å². The van der Waals surface area contributed by atoms with Crippen molar-refractivity contribution >= 4 is 27.5 Å². The quantitative estimate of drug-likeness (QED) is 0.571. The topological polar surface area (TPSA) is 72.7 Å². The third-order valence-corrected chi connectivity index (χ3v) is 5.04. The number of benzene rings is 2. The Labute approximate surface area is 154 Å². The number of nitrogens with zero attached hydrogens (tertiary/aromatic N) is 4. The van der Waals surface area contributed by atoms with Crippen molar-refractivity contribution in [1.82, 2.24) is 25.1 Å². The molecule has 2 heterocycles. The molecule has 6 nitrogen and oxygen atoms in total. The zero-order chi connectivity index (χ0) is 17.8. The lowest BCUT2D eigenvalue weighted by Gasteiger charge is -2.06. The van der Waals surface area contributed by atoms with Gasteiger partial charge in [0, 0.05) is 18.5 Å². The number of para-hydroxylation sites is 2. The summed E-state index contributed by atoms with van der Waals surface area (Å²) in [5, 5.41) is 11.9. The Kier molecular flexibility index (Phi) is 4.70. The predicted molar refractivity (Wildman–Crippen MR) is 101 cm³/mol. The first kappa shape index (κ1) is 16.4. The van der Waals surface area contributed by atoms with Gasteiger partial charge in [0.1, 0.15) is 17.2 Å². The van der Waals surface area contributed by atoms with E-state index in [-0.39, 0.29) is 5.91 Å². The van der Waals surface area contributed by atoms with Crippen LogP contribution in [0.1, 0.15) is 17.3 Å². The maximum absolute atomic E-state index is 12.2. The van der Waals surface area contributed by atoms with Gasteiger partial charge < -0.3 is 5.32 Å². The van der Waals surface area contributed by atoms with Crippen LogP contribution in [0.3, 0.4) is 0 Å². The molecular formula is C19H17N5OS. The van der Waals surface area contributed by atoms with E-state index >= 15 is 0 Å². The van der Waals surface area contributed by atoms with Crippen molar-refractivity contribution in [2.75, 3.05) is 0 Å². The maximum atomic E-state index is 12.2. The summed E-state index contributed by atoms with van der Waals surface area (Å²) in [6.07, 6.45) is 2.56. The summed E-state index contributed by atoms with van der Waals surface area (Å²) in [4.78, 5) is 16.7. The normalized spacial score (nSPS) is 10.9. The number of carbonyl (C=O) groups is 1. The standard InChI is InChI=1S/C19H17N5OS/c25-18(20-12-19-22-15-8-4-5-9-16(15)26-19)11-10-17-23-21-13-24(17)14-6-2-1-3-7-14/h1-9,13H,10-12H2,(H,20,25). The van der Waals surface area contributed by atoms with Crippen LogP contribution < -0.4 is 5.32 Å². The molecule has 7 heteroatoms. The fraction of sp³-hybridized carbons (Fsp3) is 0.158. The van der Waals surface area contributed by atoms with Gasteiger partial charge in [-0.3, -0.25) is 9.36 Å². The average molecular weight is 363 g/mol. The van der Waals surface area contributed by atoms with Crippen LogP contribution >= 0.6 is 11.3 Å². The molecule has 0 saturated carbocycles. The minimum atomic E-state index is -0.0214. The molecule has 0 unspecified atom stereocenters. The van der Waals surface area contributed by atoms with Gasteiger partial charge in [0.15, 0.2) is 0 Å². The number of carbonyl (C=O) groups excluding carboxylic acids is 1. The smallest absolute Gasteiger partial charge is 0.220 e. The summed E-state index contributed by atoms with van der Waals surface area (Å²) in [5.41, 5.74) is 1.96. The second kappa shape index (κ2) is 7.45. The lowest BCUT2D eigenvalue weighted by atomic mass is 10.2. The molecule has 0 atom stereocenters. The summed E-state index contributed by atoms with van der Waals surface area (Å²) in [7, 11) is 0. The van der Waals surface area contributed by atoms with Crippen LogP contribution in [-0.4, -0.2) is 25.7 Å². The molecule has 2 aromatic heterocycles. The van der Waals surface area contributed by atoms with Crippen molar-refractivity contribution in [1.29, 1.82) is 0 Å². The van der Waals surface area contributed by atoms with E-state index in [2.05, 4.69) is 20.5 Å². The second-order valence-corrected chi connectivity index (χ2v) is 6.92. The highest BCUT2D eigenvalue weighted by molar-refractivity contribution is 7.18. The molecule has 0 bridgehead atoms. The van der Waals surface area contributed by atoms with Crippen molar-refractivity contribution in [3.05, 3.63) is 71.8 Å². The summed E-state index contributed by atoms with van der Waals surface area (Å²) >= 11 is 1.60.